The van der Waals surface area contributed by atoms with Crippen LogP contribution < -0.4 is 5.73 Å². The zero-order valence-electron chi connectivity index (χ0n) is 10.1. The Balaban J connectivity index is 1.75. The van der Waals surface area contributed by atoms with E-state index in [0.29, 0.717) is 5.82 Å². The first-order chi connectivity index (χ1) is 8.27. The second-order valence-corrected chi connectivity index (χ2v) is 4.23. The molecule has 2 aromatic rings. The molecule has 1 heterocycles. The van der Waals surface area contributed by atoms with Gasteiger partial charge in [0.05, 0.1) is 5.69 Å². The van der Waals surface area contributed by atoms with Crippen LogP contribution in [0.3, 0.4) is 0 Å². The van der Waals surface area contributed by atoms with Crippen LogP contribution in [0.15, 0.2) is 30.3 Å². The number of unbranched alkanes of at least 4 members (excludes halogenated alkanes) is 1. The minimum absolute atomic E-state index is 0.535. The molecule has 0 bridgehead atoms. The van der Waals surface area contributed by atoms with Gasteiger partial charge >= 0.3 is 0 Å². The number of anilines is 1. The highest BCUT2D eigenvalue weighted by atomic mass is 15.4. The average Bonchev–Trinajstić information content (AvgIpc) is 2.67. The highest BCUT2D eigenvalue weighted by molar-refractivity contribution is 5.31. The molecule has 1 aromatic heterocycles. The van der Waals surface area contributed by atoms with Gasteiger partial charge in [0.2, 0.25) is 0 Å². The number of nitrogen functional groups attached to an aromatic ring is 1. The average molecular weight is 230 g/mol. The topological polar surface area (TPSA) is 56.7 Å². The standard InChI is InChI=1S/C13H18N4/c1-11-13(14)15-16-17(11)10-6-5-9-12-7-3-2-4-8-12/h2-4,7-8H,5-6,9-10,14H2,1H3. The maximum atomic E-state index is 5.64. The van der Waals surface area contributed by atoms with Gasteiger partial charge in [-0.15, -0.1) is 5.10 Å². The normalized spacial score (nSPS) is 10.6. The van der Waals surface area contributed by atoms with E-state index in [1.807, 2.05) is 17.7 Å². The molecule has 0 radical (unpaired) electrons. The van der Waals surface area contributed by atoms with Gasteiger partial charge in [-0.25, -0.2) is 4.68 Å². The van der Waals surface area contributed by atoms with Gasteiger partial charge < -0.3 is 5.73 Å². The van der Waals surface area contributed by atoms with E-state index in [0.717, 1.165) is 31.5 Å². The van der Waals surface area contributed by atoms with E-state index in [2.05, 4.69) is 34.6 Å². The van der Waals surface area contributed by atoms with Crippen LogP contribution in [0.4, 0.5) is 5.82 Å². The smallest absolute Gasteiger partial charge is 0.168 e. The van der Waals surface area contributed by atoms with Crippen molar-refractivity contribution in [2.45, 2.75) is 32.7 Å². The number of nitrogens with zero attached hydrogens (tertiary/aromatic N) is 3. The summed E-state index contributed by atoms with van der Waals surface area (Å²) < 4.78 is 1.88. The predicted molar refractivity (Wildman–Crippen MR) is 68.6 cm³/mol. The SMILES string of the molecule is Cc1c(N)nnn1CCCCc1ccccc1. The molecule has 0 aliphatic carbocycles. The molecule has 0 saturated heterocycles. The van der Waals surface area contributed by atoms with Crippen LogP contribution in [-0.2, 0) is 13.0 Å². The Morgan fingerprint density at radius 2 is 1.94 bits per heavy atom. The van der Waals surface area contributed by atoms with Crippen LogP contribution in [0.5, 0.6) is 0 Å². The largest absolute Gasteiger partial charge is 0.381 e. The van der Waals surface area contributed by atoms with Gasteiger partial charge in [0.15, 0.2) is 5.82 Å². The first-order valence-electron chi connectivity index (χ1n) is 5.97. The summed E-state index contributed by atoms with van der Waals surface area (Å²) in [4.78, 5) is 0. The first-order valence-corrected chi connectivity index (χ1v) is 5.97. The van der Waals surface area contributed by atoms with Crippen LogP contribution in [0.25, 0.3) is 0 Å². The molecular weight excluding hydrogens is 212 g/mol. The Bertz CT molecular complexity index is 462. The summed E-state index contributed by atoms with van der Waals surface area (Å²) in [6.45, 7) is 2.84. The van der Waals surface area contributed by atoms with Crippen LogP contribution in [0, 0.1) is 6.92 Å². The van der Waals surface area contributed by atoms with Crippen LogP contribution in [0.1, 0.15) is 24.1 Å². The fourth-order valence-corrected chi connectivity index (χ4v) is 1.82. The van der Waals surface area contributed by atoms with Crippen molar-refractivity contribution in [3.8, 4) is 0 Å². The molecular formula is C13H18N4. The van der Waals surface area contributed by atoms with E-state index in [4.69, 9.17) is 5.73 Å². The molecule has 17 heavy (non-hydrogen) atoms. The molecule has 4 nitrogen and oxygen atoms in total. The van der Waals surface area contributed by atoms with Gasteiger partial charge in [-0.2, -0.15) is 0 Å². The van der Waals surface area contributed by atoms with Crippen molar-refractivity contribution in [1.29, 1.82) is 0 Å². The molecule has 0 spiro atoms. The van der Waals surface area contributed by atoms with Crippen LogP contribution in [0.2, 0.25) is 0 Å². The third-order valence-corrected chi connectivity index (χ3v) is 2.95. The summed E-state index contributed by atoms with van der Waals surface area (Å²) >= 11 is 0. The molecule has 4 heteroatoms. The van der Waals surface area contributed by atoms with Crippen molar-refractivity contribution >= 4 is 5.82 Å². The highest BCUT2D eigenvalue weighted by Gasteiger charge is 2.03. The van der Waals surface area contributed by atoms with E-state index >= 15 is 0 Å². The maximum absolute atomic E-state index is 5.64. The lowest BCUT2D eigenvalue weighted by Crippen LogP contribution is -2.03. The van der Waals surface area contributed by atoms with Gasteiger partial charge in [0, 0.05) is 6.54 Å². The predicted octanol–water partition coefficient (Wildman–Crippen LogP) is 2.19. The number of aryl methyl sites for hydroxylation is 2. The zero-order chi connectivity index (χ0) is 12.1. The monoisotopic (exact) mass is 230 g/mol. The summed E-state index contributed by atoms with van der Waals surface area (Å²) in [5.41, 5.74) is 8.00. The zero-order valence-corrected chi connectivity index (χ0v) is 10.1. The van der Waals surface area contributed by atoms with E-state index < -0.39 is 0 Å². The van der Waals surface area contributed by atoms with Crippen molar-refractivity contribution in [2.75, 3.05) is 5.73 Å². The Labute approximate surface area is 101 Å². The lowest BCUT2D eigenvalue weighted by molar-refractivity contribution is 0.531. The van der Waals surface area contributed by atoms with E-state index in [1.54, 1.807) is 0 Å². The van der Waals surface area contributed by atoms with Gasteiger partial charge in [0.1, 0.15) is 0 Å². The van der Waals surface area contributed by atoms with Crippen LogP contribution >= 0.6 is 0 Å². The van der Waals surface area contributed by atoms with Crippen molar-refractivity contribution in [3.05, 3.63) is 41.6 Å². The fourth-order valence-electron chi connectivity index (χ4n) is 1.82. The van der Waals surface area contributed by atoms with Gasteiger partial charge in [0.25, 0.3) is 0 Å². The van der Waals surface area contributed by atoms with Crippen LogP contribution in [-0.4, -0.2) is 15.0 Å². The summed E-state index contributed by atoms with van der Waals surface area (Å²) in [7, 11) is 0. The second kappa shape index (κ2) is 5.48. The Kier molecular flexibility index (Phi) is 3.75. The minimum atomic E-state index is 0.535. The summed E-state index contributed by atoms with van der Waals surface area (Å²) in [6.07, 6.45) is 3.37. The quantitative estimate of drug-likeness (QED) is 0.801. The summed E-state index contributed by atoms with van der Waals surface area (Å²) in [5, 5.41) is 7.85. The number of nitrogens with two attached hydrogens (primary N) is 1. The lowest BCUT2D eigenvalue weighted by atomic mass is 10.1. The number of aromatic nitrogens is 3. The van der Waals surface area contributed by atoms with Crippen molar-refractivity contribution in [3.63, 3.8) is 0 Å². The fraction of sp³-hybridized carbons (Fsp3) is 0.385. The number of hydrogen-bond donors (Lipinski definition) is 1. The summed E-state index contributed by atoms with van der Waals surface area (Å²) in [6, 6.07) is 10.5. The molecule has 1 aromatic carbocycles. The molecule has 2 N–H and O–H groups in total. The molecule has 0 aliphatic heterocycles. The molecule has 0 fully saturated rings. The van der Waals surface area contributed by atoms with Gasteiger partial charge in [-0.05, 0) is 31.7 Å². The molecule has 2 rings (SSSR count). The molecule has 0 atom stereocenters. The van der Waals surface area contributed by atoms with Gasteiger partial charge in [-0.3, -0.25) is 0 Å². The Morgan fingerprint density at radius 3 is 2.59 bits per heavy atom. The maximum Gasteiger partial charge on any atom is 0.168 e. The lowest BCUT2D eigenvalue weighted by Gasteiger charge is -2.03. The van der Waals surface area contributed by atoms with E-state index in [1.165, 1.54) is 5.56 Å². The molecule has 0 aliphatic rings. The van der Waals surface area contributed by atoms with Gasteiger partial charge in [-0.1, -0.05) is 35.5 Å². The van der Waals surface area contributed by atoms with E-state index in [-0.39, 0.29) is 0 Å². The third-order valence-electron chi connectivity index (χ3n) is 2.95. The van der Waals surface area contributed by atoms with Crippen molar-refractivity contribution in [2.24, 2.45) is 0 Å². The van der Waals surface area contributed by atoms with E-state index in [9.17, 15) is 0 Å². The first kappa shape index (κ1) is 11.6. The second-order valence-electron chi connectivity index (χ2n) is 4.23. The highest BCUT2D eigenvalue weighted by Crippen LogP contribution is 2.08. The summed E-state index contributed by atoms with van der Waals surface area (Å²) in [5.74, 6) is 0.535. The van der Waals surface area contributed by atoms with Crippen molar-refractivity contribution < 1.29 is 0 Å². The van der Waals surface area contributed by atoms with Crippen molar-refractivity contribution in [1.82, 2.24) is 15.0 Å². The number of rotatable bonds is 5. The number of hydrogen-bond acceptors (Lipinski definition) is 3. The molecule has 0 unspecified atom stereocenters. The Morgan fingerprint density at radius 1 is 1.18 bits per heavy atom. The molecule has 0 amide bonds. The molecule has 0 saturated carbocycles. The number of benzene rings is 1. The minimum Gasteiger partial charge on any atom is -0.381 e. The Hall–Kier alpha value is -1.84. The molecule has 90 valence electrons. The third kappa shape index (κ3) is 3.06.